The van der Waals surface area contributed by atoms with E-state index in [2.05, 4.69) is 15.2 Å². The summed E-state index contributed by atoms with van der Waals surface area (Å²) < 4.78 is 38.4. The molecule has 3 heterocycles. The van der Waals surface area contributed by atoms with Crippen LogP contribution in [0.1, 0.15) is 24.3 Å². The minimum atomic E-state index is -3.71. The van der Waals surface area contributed by atoms with E-state index < -0.39 is 15.9 Å². The van der Waals surface area contributed by atoms with Crippen LogP contribution in [0.25, 0.3) is 10.8 Å². The minimum Gasteiger partial charge on any atom is -0.462 e. The molecule has 1 aliphatic heterocycles. The van der Waals surface area contributed by atoms with Gasteiger partial charge in [0, 0.05) is 31.6 Å². The van der Waals surface area contributed by atoms with Crippen molar-refractivity contribution in [1.29, 1.82) is 0 Å². The third-order valence-electron chi connectivity index (χ3n) is 5.40. The summed E-state index contributed by atoms with van der Waals surface area (Å²) in [7, 11) is -3.71. The van der Waals surface area contributed by atoms with Gasteiger partial charge >= 0.3 is 0 Å². The van der Waals surface area contributed by atoms with E-state index in [9.17, 15) is 13.2 Å². The van der Waals surface area contributed by atoms with Gasteiger partial charge in [-0.15, -0.1) is 11.3 Å². The van der Waals surface area contributed by atoms with E-state index >= 15 is 0 Å². The smallest absolute Gasteiger partial charge is 0.275 e. The first-order valence-corrected chi connectivity index (χ1v) is 13.0. The number of sulfonamides is 1. The molecule has 0 saturated carbocycles. The van der Waals surface area contributed by atoms with Crippen molar-refractivity contribution in [3.8, 4) is 10.8 Å². The molecule has 1 N–H and O–H groups in total. The molecule has 0 atom stereocenters. The van der Waals surface area contributed by atoms with Crippen LogP contribution in [0, 0.1) is 0 Å². The molecule has 3 aromatic rings. The van der Waals surface area contributed by atoms with Crippen molar-refractivity contribution in [3.63, 3.8) is 0 Å². The lowest BCUT2D eigenvalue weighted by Gasteiger charge is -2.28. The molecule has 1 amide bonds. The number of furan rings is 1. The number of carbonyl (C=O) groups is 1. The van der Waals surface area contributed by atoms with Crippen LogP contribution >= 0.6 is 11.3 Å². The molecule has 176 valence electrons. The normalized spacial score (nSPS) is 14.8. The Labute approximate surface area is 197 Å². The van der Waals surface area contributed by atoms with Crippen LogP contribution in [0.3, 0.4) is 0 Å². The van der Waals surface area contributed by atoms with Crippen molar-refractivity contribution in [3.05, 3.63) is 47.7 Å². The highest BCUT2D eigenvalue weighted by atomic mass is 32.2. The second kappa shape index (κ2) is 10.0. The molecule has 11 heteroatoms. The van der Waals surface area contributed by atoms with Crippen LogP contribution in [-0.4, -0.2) is 63.0 Å². The predicted octanol–water partition coefficient (Wildman–Crippen LogP) is 3.52. The third kappa shape index (κ3) is 4.96. The van der Waals surface area contributed by atoms with E-state index in [1.54, 1.807) is 35.9 Å². The highest BCUT2D eigenvalue weighted by Gasteiger charge is 2.28. The topological polar surface area (TPSA) is 105 Å². The quantitative estimate of drug-likeness (QED) is 0.515. The number of anilines is 2. The van der Waals surface area contributed by atoms with Crippen LogP contribution in [0.2, 0.25) is 0 Å². The zero-order valence-corrected chi connectivity index (χ0v) is 20.1. The van der Waals surface area contributed by atoms with Gasteiger partial charge in [-0.25, -0.2) is 13.4 Å². The molecule has 33 heavy (non-hydrogen) atoms. The van der Waals surface area contributed by atoms with Crippen LogP contribution in [0.4, 0.5) is 11.4 Å². The zero-order valence-electron chi connectivity index (χ0n) is 18.5. The number of nitrogens with one attached hydrogen (secondary N) is 1. The van der Waals surface area contributed by atoms with Crippen LogP contribution < -0.4 is 10.2 Å². The molecule has 1 aromatic carbocycles. The fourth-order valence-corrected chi connectivity index (χ4v) is 5.83. The molecule has 1 saturated heterocycles. The van der Waals surface area contributed by atoms with Crippen molar-refractivity contribution in [2.45, 2.75) is 18.7 Å². The van der Waals surface area contributed by atoms with Crippen LogP contribution in [0.15, 0.2) is 51.3 Å². The first-order valence-electron chi connectivity index (χ1n) is 10.7. The van der Waals surface area contributed by atoms with E-state index in [1.165, 1.54) is 21.7 Å². The molecule has 0 spiro atoms. The lowest BCUT2D eigenvalue weighted by atomic mass is 10.2. The largest absolute Gasteiger partial charge is 0.462 e. The lowest BCUT2D eigenvalue weighted by Crippen LogP contribution is -2.40. The summed E-state index contributed by atoms with van der Waals surface area (Å²) in [5.74, 6) is 0.167. The predicted molar refractivity (Wildman–Crippen MR) is 127 cm³/mol. The summed E-state index contributed by atoms with van der Waals surface area (Å²) >= 11 is 1.30. The van der Waals surface area contributed by atoms with Gasteiger partial charge in [-0.05, 0) is 44.2 Å². The SMILES string of the molecule is CCN(CC)c1ccc(S(=O)(=O)N2CCOCC2)cc1NC(=O)c1csc(-c2ccco2)n1. The zero-order chi connectivity index (χ0) is 23.4. The monoisotopic (exact) mass is 490 g/mol. The summed E-state index contributed by atoms with van der Waals surface area (Å²) in [6.45, 7) is 6.74. The first-order chi connectivity index (χ1) is 15.9. The van der Waals surface area contributed by atoms with Crippen molar-refractivity contribution in [1.82, 2.24) is 9.29 Å². The highest BCUT2D eigenvalue weighted by Crippen LogP contribution is 2.31. The van der Waals surface area contributed by atoms with Crippen molar-refractivity contribution < 1.29 is 22.4 Å². The number of nitrogens with zero attached hydrogens (tertiary/aromatic N) is 3. The highest BCUT2D eigenvalue weighted by molar-refractivity contribution is 7.89. The number of rotatable bonds is 8. The van der Waals surface area contributed by atoms with Gasteiger partial charge in [0.15, 0.2) is 10.8 Å². The Bertz CT molecular complexity index is 1200. The summed E-state index contributed by atoms with van der Waals surface area (Å²) in [5.41, 5.74) is 1.40. The van der Waals surface area contributed by atoms with Gasteiger partial charge in [-0.2, -0.15) is 4.31 Å². The molecular weight excluding hydrogens is 464 g/mol. The Morgan fingerprint density at radius 1 is 1.21 bits per heavy atom. The number of carbonyl (C=O) groups excluding carboxylic acids is 1. The summed E-state index contributed by atoms with van der Waals surface area (Å²) in [6.07, 6.45) is 1.55. The Morgan fingerprint density at radius 3 is 2.64 bits per heavy atom. The maximum Gasteiger partial charge on any atom is 0.275 e. The number of benzene rings is 1. The average Bonchev–Trinajstić information content (AvgIpc) is 3.53. The van der Waals surface area contributed by atoms with Gasteiger partial charge in [0.1, 0.15) is 5.69 Å². The van der Waals surface area contributed by atoms with Gasteiger partial charge in [-0.3, -0.25) is 4.79 Å². The lowest BCUT2D eigenvalue weighted by molar-refractivity contribution is 0.0730. The number of hydrogen-bond acceptors (Lipinski definition) is 8. The maximum atomic E-state index is 13.2. The molecular formula is C22H26N4O5S2. The molecule has 2 aromatic heterocycles. The Hall–Kier alpha value is -2.73. The number of morpholine rings is 1. The molecule has 0 radical (unpaired) electrons. The van der Waals surface area contributed by atoms with E-state index in [0.717, 1.165) is 5.69 Å². The van der Waals surface area contributed by atoms with Gasteiger partial charge in [0.2, 0.25) is 10.0 Å². The van der Waals surface area contributed by atoms with Gasteiger partial charge in [-0.1, -0.05) is 0 Å². The molecule has 9 nitrogen and oxygen atoms in total. The van der Waals surface area contributed by atoms with Crippen molar-refractivity contribution in [2.24, 2.45) is 0 Å². The molecule has 1 aliphatic rings. The van der Waals surface area contributed by atoms with Gasteiger partial charge in [0.25, 0.3) is 5.91 Å². The summed E-state index contributed by atoms with van der Waals surface area (Å²) in [5, 5.41) is 5.12. The molecule has 0 aliphatic carbocycles. The van der Waals surface area contributed by atoms with Crippen LogP contribution in [-0.2, 0) is 14.8 Å². The molecule has 0 bridgehead atoms. The van der Waals surface area contributed by atoms with E-state index in [4.69, 9.17) is 9.15 Å². The fourth-order valence-electron chi connectivity index (χ4n) is 3.63. The van der Waals surface area contributed by atoms with E-state index in [0.29, 0.717) is 55.8 Å². The number of thiazole rings is 1. The average molecular weight is 491 g/mol. The van der Waals surface area contributed by atoms with Crippen molar-refractivity contribution in [2.75, 3.05) is 49.6 Å². The van der Waals surface area contributed by atoms with Gasteiger partial charge < -0.3 is 19.4 Å². The molecule has 4 rings (SSSR count). The standard InChI is InChI=1S/C22H26N4O5S2/c1-3-25(4-2)19-8-7-16(33(28,29)26-9-12-30-13-10-26)14-17(19)23-21(27)18-15-32-22(24-18)20-6-5-11-31-20/h5-8,11,14-15H,3-4,9-10,12-13H2,1-2H3,(H,23,27). The maximum absolute atomic E-state index is 13.2. The third-order valence-corrected chi connectivity index (χ3v) is 8.15. The summed E-state index contributed by atoms with van der Waals surface area (Å²) in [6, 6.07) is 8.39. The molecule has 0 unspecified atom stereocenters. The fraction of sp³-hybridized carbons (Fsp3) is 0.364. The Balaban J connectivity index is 1.65. The number of amides is 1. The second-order valence-corrected chi connectivity index (χ2v) is 10.1. The van der Waals surface area contributed by atoms with Gasteiger partial charge in [0.05, 0.1) is 35.7 Å². The van der Waals surface area contributed by atoms with Crippen molar-refractivity contribution >= 4 is 38.6 Å². The Morgan fingerprint density at radius 2 is 1.97 bits per heavy atom. The Kier molecular flexibility index (Phi) is 7.13. The van der Waals surface area contributed by atoms with E-state index in [-0.39, 0.29) is 10.6 Å². The number of hydrogen-bond donors (Lipinski definition) is 1. The minimum absolute atomic E-state index is 0.130. The first kappa shape index (κ1) is 23.4. The second-order valence-electron chi connectivity index (χ2n) is 7.34. The molecule has 1 fully saturated rings. The number of ether oxygens (including phenoxy) is 1. The summed E-state index contributed by atoms with van der Waals surface area (Å²) in [4.78, 5) is 19.6. The van der Waals surface area contributed by atoms with Crippen LogP contribution in [0.5, 0.6) is 0 Å². The van der Waals surface area contributed by atoms with E-state index in [1.807, 2.05) is 13.8 Å². The number of aromatic nitrogens is 1.